The van der Waals surface area contributed by atoms with Gasteiger partial charge in [-0.3, -0.25) is 0 Å². The Balaban J connectivity index is 1.79. The first-order valence-corrected chi connectivity index (χ1v) is 6.37. The first kappa shape index (κ1) is 11.2. The zero-order valence-corrected chi connectivity index (χ0v) is 10.6. The second kappa shape index (κ2) is 4.76. The van der Waals surface area contributed by atoms with Crippen LogP contribution in [0.5, 0.6) is 0 Å². The van der Waals surface area contributed by atoms with Gasteiger partial charge in [0, 0.05) is 30.7 Å². The van der Waals surface area contributed by atoms with Gasteiger partial charge in [-0.1, -0.05) is 0 Å². The van der Waals surface area contributed by atoms with Gasteiger partial charge in [-0.25, -0.2) is 15.0 Å². The molecule has 1 aliphatic rings. The molecule has 0 saturated carbocycles. The second-order valence-electron chi connectivity index (χ2n) is 4.66. The predicted molar refractivity (Wildman–Crippen MR) is 69.2 cm³/mol. The third-order valence-electron chi connectivity index (χ3n) is 3.46. The van der Waals surface area contributed by atoms with E-state index in [1.165, 1.54) is 24.1 Å². The summed E-state index contributed by atoms with van der Waals surface area (Å²) in [5, 5.41) is 3.38. The summed E-state index contributed by atoms with van der Waals surface area (Å²) in [6, 6.07) is 0. The highest BCUT2D eigenvalue weighted by molar-refractivity contribution is 5.46. The summed E-state index contributed by atoms with van der Waals surface area (Å²) in [5.74, 6) is 1.99. The number of fused-ring (bicyclic) bond motifs is 1. The third kappa shape index (κ3) is 2.08. The Morgan fingerprint density at radius 1 is 1.22 bits per heavy atom. The van der Waals surface area contributed by atoms with Crippen molar-refractivity contribution >= 4 is 5.82 Å². The highest BCUT2D eigenvalue weighted by atomic mass is 15.1. The van der Waals surface area contributed by atoms with E-state index in [1.54, 1.807) is 6.33 Å². The van der Waals surface area contributed by atoms with E-state index in [4.69, 9.17) is 0 Å². The van der Waals surface area contributed by atoms with Crippen molar-refractivity contribution in [1.29, 1.82) is 0 Å². The lowest BCUT2D eigenvalue weighted by atomic mass is 9.96. The summed E-state index contributed by atoms with van der Waals surface area (Å²) >= 11 is 0. The number of anilines is 1. The van der Waals surface area contributed by atoms with Gasteiger partial charge >= 0.3 is 0 Å². The Hall–Kier alpha value is -1.91. The van der Waals surface area contributed by atoms with E-state index < -0.39 is 0 Å². The molecule has 2 aromatic heterocycles. The van der Waals surface area contributed by atoms with E-state index in [1.807, 2.05) is 24.0 Å². The quantitative estimate of drug-likeness (QED) is 0.891. The van der Waals surface area contributed by atoms with E-state index in [9.17, 15) is 0 Å². The van der Waals surface area contributed by atoms with E-state index in [0.717, 1.165) is 24.5 Å². The zero-order valence-electron chi connectivity index (χ0n) is 10.6. The number of aryl methyl sites for hydroxylation is 2. The van der Waals surface area contributed by atoms with Gasteiger partial charge in [0.25, 0.3) is 0 Å². The lowest BCUT2D eigenvalue weighted by Crippen LogP contribution is -2.13. The van der Waals surface area contributed by atoms with Gasteiger partial charge in [0.2, 0.25) is 0 Å². The maximum atomic E-state index is 4.37. The molecular weight excluding hydrogens is 226 g/mol. The number of hydrogen-bond acceptors (Lipinski definition) is 4. The van der Waals surface area contributed by atoms with Crippen molar-refractivity contribution in [3.63, 3.8) is 0 Å². The van der Waals surface area contributed by atoms with Crippen molar-refractivity contribution in [1.82, 2.24) is 19.5 Å². The summed E-state index contributed by atoms with van der Waals surface area (Å²) in [7, 11) is 2.00. The van der Waals surface area contributed by atoms with Crippen LogP contribution in [0, 0.1) is 0 Å². The smallest absolute Gasteiger partial charge is 0.133 e. The van der Waals surface area contributed by atoms with Crippen molar-refractivity contribution in [2.75, 3.05) is 5.32 Å². The molecule has 3 rings (SSSR count). The average molecular weight is 243 g/mol. The van der Waals surface area contributed by atoms with Crippen molar-refractivity contribution in [2.24, 2.45) is 7.05 Å². The van der Waals surface area contributed by atoms with Crippen LogP contribution in [0.3, 0.4) is 0 Å². The largest absolute Gasteiger partial charge is 0.363 e. The average Bonchev–Trinajstić information content (AvgIpc) is 2.82. The van der Waals surface area contributed by atoms with Gasteiger partial charge in [-0.15, -0.1) is 0 Å². The molecule has 94 valence electrons. The summed E-state index contributed by atoms with van der Waals surface area (Å²) in [6.07, 6.45) is 10.1. The molecule has 0 aromatic carbocycles. The van der Waals surface area contributed by atoms with E-state index in [0.29, 0.717) is 6.54 Å². The molecule has 0 aliphatic heterocycles. The lowest BCUT2D eigenvalue weighted by molar-refractivity contribution is 0.662. The maximum absolute atomic E-state index is 4.37. The SMILES string of the molecule is Cn1ccnc1CNc1ncnc2c1CCCC2. The Morgan fingerprint density at radius 3 is 2.94 bits per heavy atom. The van der Waals surface area contributed by atoms with Gasteiger partial charge < -0.3 is 9.88 Å². The highest BCUT2D eigenvalue weighted by Gasteiger charge is 2.15. The molecule has 0 amide bonds. The van der Waals surface area contributed by atoms with Crippen LogP contribution in [0.2, 0.25) is 0 Å². The van der Waals surface area contributed by atoms with E-state index >= 15 is 0 Å². The van der Waals surface area contributed by atoms with Crippen molar-refractivity contribution in [3.05, 3.63) is 35.8 Å². The van der Waals surface area contributed by atoms with E-state index in [2.05, 4.69) is 20.3 Å². The Morgan fingerprint density at radius 2 is 2.11 bits per heavy atom. The molecule has 0 fully saturated rings. The van der Waals surface area contributed by atoms with Gasteiger partial charge in [-0.2, -0.15) is 0 Å². The minimum Gasteiger partial charge on any atom is -0.363 e. The first-order chi connectivity index (χ1) is 8.84. The second-order valence-corrected chi connectivity index (χ2v) is 4.66. The van der Waals surface area contributed by atoms with Crippen LogP contribution < -0.4 is 5.32 Å². The number of nitrogens with one attached hydrogen (secondary N) is 1. The number of aromatic nitrogens is 4. The third-order valence-corrected chi connectivity index (χ3v) is 3.46. The minimum absolute atomic E-state index is 0.701. The molecule has 0 saturated heterocycles. The molecule has 5 nitrogen and oxygen atoms in total. The standard InChI is InChI=1S/C13H17N5/c1-18-7-6-14-12(18)8-15-13-10-4-2-3-5-11(10)16-9-17-13/h6-7,9H,2-5,8H2,1H3,(H,15,16,17). The summed E-state index contributed by atoms with van der Waals surface area (Å²) < 4.78 is 2.01. The molecule has 0 radical (unpaired) electrons. The lowest BCUT2D eigenvalue weighted by Gasteiger charge is -2.17. The van der Waals surface area contributed by atoms with Crippen LogP contribution in [-0.2, 0) is 26.4 Å². The molecule has 2 aromatic rings. The molecule has 2 heterocycles. The topological polar surface area (TPSA) is 55.6 Å². The van der Waals surface area contributed by atoms with Crippen LogP contribution in [0.25, 0.3) is 0 Å². The van der Waals surface area contributed by atoms with Crippen LogP contribution in [0.15, 0.2) is 18.7 Å². The van der Waals surface area contributed by atoms with Crippen LogP contribution in [0.1, 0.15) is 29.9 Å². The van der Waals surface area contributed by atoms with Crippen molar-refractivity contribution < 1.29 is 0 Å². The van der Waals surface area contributed by atoms with Gasteiger partial charge in [0.1, 0.15) is 18.0 Å². The number of rotatable bonds is 3. The van der Waals surface area contributed by atoms with Gasteiger partial charge in [0.15, 0.2) is 0 Å². The minimum atomic E-state index is 0.701. The van der Waals surface area contributed by atoms with E-state index in [-0.39, 0.29) is 0 Å². The molecule has 0 bridgehead atoms. The fraction of sp³-hybridized carbons (Fsp3) is 0.462. The Labute approximate surface area is 106 Å². The summed E-state index contributed by atoms with van der Waals surface area (Å²) in [5.41, 5.74) is 2.50. The number of imidazole rings is 1. The Kier molecular flexibility index (Phi) is 2.96. The Bertz CT molecular complexity index is 546. The predicted octanol–water partition coefficient (Wildman–Crippen LogP) is 1.70. The van der Waals surface area contributed by atoms with Crippen LogP contribution in [-0.4, -0.2) is 19.5 Å². The fourth-order valence-corrected chi connectivity index (χ4v) is 2.40. The molecule has 1 aliphatic carbocycles. The van der Waals surface area contributed by atoms with Crippen molar-refractivity contribution in [3.8, 4) is 0 Å². The van der Waals surface area contributed by atoms with Gasteiger partial charge in [0.05, 0.1) is 6.54 Å². The monoisotopic (exact) mass is 243 g/mol. The number of nitrogens with zero attached hydrogens (tertiary/aromatic N) is 4. The van der Waals surface area contributed by atoms with Crippen molar-refractivity contribution in [2.45, 2.75) is 32.2 Å². The van der Waals surface area contributed by atoms with Crippen LogP contribution >= 0.6 is 0 Å². The first-order valence-electron chi connectivity index (χ1n) is 6.37. The zero-order chi connectivity index (χ0) is 12.4. The molecule has 0 spiro atoms. The molecule has 5 heteroatoms. The molecule has 1 N–H and O–H groups in total. The fourth-order valence-electron chi connectivity index (χ4n) is 2.40. The summed E-state index contributed by atoms with van der Waals surface area (Å²) in [6.45, 7) is 0.701. The van der Waals surface area contributed by atoms with Gasteiger partial charge in [-0.05, 0) is 25.7 Å². The molecular formula is C13H17N5. The maximum Gasteiger partial charge on any atom is 0.133 e. The highest BCUT2D eigenvalue weighted by Crippen LogP contribution is 2.24. The summed E-state index contributed by atoms with van der Waals surface area (Å²) in [4.78, 5) is 13.0. The molecule has 18 heavy (non-hydrogen) atoms. The van der Waals surface area contributed by atoms with Crippen LogP contribution in [0.4, 0.5) is 5.82 Å². The normalized spacial score (nSPS) is 14.3. The molecule has 0 unspecified atom stereocenters. The molecule has 0 atom stereocenters. The number of hydrogen-bond donors (Lipinski definition) is 1.